The average Bonchev–Trinajstić information content (AvgIpc) is 3.39. The number of aromatic amines is 2. The first-order valence-electron chi connectivity index (χ1n) is 8.41. The van der Waals surface area contributed by atoms with Gasteiger partial charge in [-0.25, -0.2) is 9.97 Å². The van der Waals surface area contributed by atoms with Gasteiger partial charge in [0.05, 0.1) is 29.5 Å². The van der Waals surface area contributed by atoms with Crippen molar-refractivity contribution in [3.63, 3.8) is 0 Å². The van der Waals surface area contributed by atoms with E-state index in [2.05, 4.69) is 20.2 Å². The Bertz CT molecular complexity index is 1200. The van der Waals surface area contributed by atoms with Gasteiger partial charge in [-0.05, 0) is 43.3 Å². The van der Waals surface area contributed by atoms with Crippen molar-refractivity contribution in [2.24, 2.45) is 0 Å². The fourth-order valence-electron chi connectivity index (χ4n) is 3.11. The molecule has 0 radical (unpaired) electrons. The SMILES string of the molecule is CCOc1ccc2[nH]nc(-c3nc4ccc(-n5ccnc5)cc4[nH]3)c2c1. The number of hydrogen-bond donors (Lipinski definition) is 2. The van der Waals surface area contributed by atoms with Crippen LogP contribution in [0.2, 0.25) is 0 Å². The van der Waals surface area contributed by atoms with Gasteiger partial charge in [-0.3, -0.25) is 5.10 Å². The van der Waals surface area contributed by atoms with Crippen LogP contribution in [-0.2, 0) is 0 Å². The molecule has 5 rings (SSSR count). The van der Waals surface area contributed by atoms with E-state index in [0.29, 0.717) is 6.61 Å². The summed E-state index contributed by atoms with van der Waals surface area (Å²) < 4.78 is 7.57. The summed E-state index contributed by atoms with van der Waals surface area (Å²) in [6.07, 6.45) is 5.44. The summed E-state index contributed by atoms with van der Waals surface area (Å²) in [5.74, 6) is 1.55. The number of H-pyrrole nitrogens is 2. The van der Waals surface area contributed by atoms with Crippen LogP contribution in [0.25, 0.3) is 39.1 Å². The highest BCUT2D eigenvalue weighted by Crippen LogP contribution is 2.29. The number of ether oxygens (including phenoxy) is 1. The average molecular weight is 344 g/mol. The highest BCUT2D eigenvalue weighted by molar-refractivity contribution is 5.94. The lowest BCUT2D eigenvalue weighted by Crippen LogP contribution is -1.90. The van der Waals surface area contributed by atoms with E-state index in [1.165, 1.54) is 0 Å². The topological polar surface area (TPSA) is 84.4 Å². The molecule has 0 saturated heterocycles. The fraction of sp³-hybridized carbons (Fsp3) is 0.105. The molecular weight excluding hydrogens is 328 g/mol. The summed E-state index contributed by atoms with van der Waals surface area (Å²) in [6.45, 7) is 2.60. The molecule has 0 aliphatic heterocycles. The lowest BCUT2D eigenvalue weighted by molar-refractivity contribution is 0.341. The van der Waals surface area contributed by atoms with Crippen molar-refractivity contribution >= 4 is 21.9 Å². The lowest BCUT2D eigenvalue weighted by atomic mass is 10.2. The molecule has 7 nitrogen and oxygen atoms in total. The molecule has 3 aromatic heterocycles. The minimum Gasteiger partial charge on any atom is -0.494 e. The molecule has 3 heterocycles. The Kier molecular flexibility index (Phi) is 3.24. The van der Waals surface area contributed by atoms with Crippen molar-refractivity contribution in [1.82, 2.24) is 29.7 Å². The van der Waals surface area contributed by atoms with Crippen molar-refractivity contribution in [3.05, 3.63) is 55.1 Å². The van der Waals surface area contributed by atoms with Crippen LogP contribution < -0.4 is 4.74 Å². The van der Waals surface area contributed by atoms with Gasteiger partial charge in [0.15, 0.2) is 5.82 Å². The van der Waals surface area contributed by atoms with Gasteiger partial charge in [0.1, 0.15) is 11.4 Å². The third-order valence-electron chi connectivity index (χ3n) is 4.34. The Morgan fingerprint density at radius 1 is 1.12 bits per heavy atom. The molecule has 5 aromatic rings. The fourth-order valence-corrected chi connectivity index (χ4v) is 3.11. The van der Waals surface area contributed by atoms with Gasteiger partial charge in [0.2, 0.25) is 0 Å². The zero-order valence-corrected chi connectivity index (χ0v) is 14.1. The van der Waals surface area contributed by atoms with Crippen LogP contribution in [-0.4, -0.2) is 36.3 Å². The first-order valence-corrected chi connectivity index (χ1v) is 8.41. The van der Waals surface area contributed by atoms with E-state index in [4.69, 9.17) is 9.72 Å². The predicted octanol–water partition coefficient (Wildman–Crippen LogP) is 3.69. The number of nitrogens with one attached hydrogen (secondary N) is 2. The number of benzene rings is 2. The predicted molar refractivity (Wildman–Crippen MR) is 99.5 cm³/mol. The Labute approximate surface area is 148 Å². The van der Waals surface area contributed by atoms with Crippen LogP contribution in [0.15, 0.2) is 55.1 Å². The van der Waals surface area contributed by atoms with Gasteiger partial charge in [0, 0.05) is 23.5 Å². The van der Waals surface area contributed by atoms with Crippen molar-refractivity contribution < 1.29 is 4.74 Å². The molecule has 0 fully saturated rings. The normalized spacial score (nSPS) is 11.4. The molecule has 0 amide bonds. The van der Waals surface area contributed by atoms with Gasteiger partial charge in [-0.1, -0.05) is 0 Å². The molecule has 0 aliphatic carbocycles. The molecule has 0 atom stereocenters. The molecule has 2 N–H and O–H groups in total. The minimum atomic E-state index is 0.625. The van der Waals surface area contributed by atoms with Crippen molar-refractivity contribution in [1.29, 1.82) is 0 Å². The largest absolute Gasteiger partial charge is 0.494 e. The zero-order valence-electron chi connectivity index (χ0n) is 14.1. The molecule has 0 spiro atoms. The Morgan fingerprint density at radius 2 is 2.08 bits per heavy atom. The first-order chi connectivity index (χ1) is 12.8. The van der Waals surface area contributed by atoms with Crippen molar-refractivity contribution in [2.75, 3.05) is 6.61 Å². The Hall–Kier alpha value is -3.61. The maximum atomic E-state index is 5.61. The van der Waals surface area contributed by atoms with Gasteiger partial charge >= 0.3 is 0 Å². The lowest BCUT2D eigenvalue weighted by Gasteiger charge is -2.02. The van der Waals surface area contributed by atoms with Crippen LogP contribution in [0.1, 0.15) is 6.92 Å². The third-order valence-corrected chi connectivity index (χ3v) is 4.34. The molecule has 0 saturated carbocycles. The monoisotopic (exact) mass is 344 g/mol. The maximum absolute atomic E-state index is 5.61. The summed E-state index contributed by atoms with van der Waals surface area (Å²) in [5.41, 5.74) is 4.59. The van der Waals surface area contributed by atoms with E-state index in [0.717, 1.165) is 44.9 Å². The minimum absolute atomic E-state index is 0.625. The van der Waals surface area contributed by atoms with Crippen LogP contribution in [0.5, 0.6) is 5.75 Å². The van der Waals surface area contributed by atoms with E-state index < -0.39 is 0 Å². The van der Waals surface area contributed by atoms with E-state index in [-0.39, 0.29) is 0 Å². The smallest absolute Gasteiger partial charge is 0.159 e. The van der Waals surface area contributed by atoms with E-state index in [9.17, 15) is 0 Å². The summed E-state index contributed by atoms with van der Waals surface area (Å²) in [4.78, 5) is 12.2. The molecule has 128 valence electrons. The quantitative estimate of drug-likeness (QED) is 0.521. The molecule has 0 bridgehead atoms. The summed E-state index contributed by atoms with van der Waals surface area (Å²) in [6, 6.07) is 12.0. The maximum Gasteiger partial charge on any atom is 0.159 e. The zero-order chi connectivity index (χ0) is 17.5. The highest BCUT2D eigenvalue weighted by Gasteiger charge is 2.14. The summed E-state index contributed by atoms with van der Waals surface area (Å²) >= 11 is 0. The van der Waals surface area contributed by atoms with Gasteiger partial charge in [-0.15, -0.1) is 0 Å². The molecule has 2 aromatic carbocycles. The number of rotatable bonds is 4. The summed E-state index contributed by atoms with van der Waals surface area (Å²) in [7, 11) is 0. The second-order valence-electron chi connectivity index (χ2n) is 5.97. The Morgan fingerprint density at radius 3 is 2.92 bits per heavy atom. The standard InChI is InChI=1S/C19H16N6O/c1-2-26-13-4-6-15-14(10-13)18(24-23-15)19-21-16-5-3-12(9-17(16)22-19)25-8-7-20-11-25/h3-11H,2H2,1H3,(H,21,22)(H,23,24). The molecular formula is C19H16N6O. The van der Waals surface area contributed by atoms with Crippen LogP contribution in [0.4, 0.5) is 0 Å². The third kappa shape index (κ3) is 2.33. The molecule has 7 heteroatoms. The van der Waals surface area contributed by atoms with Crippen LogP contribution >= 0.6 is 0 Å². The van der Waals surface area contributed by atoms with Crippen molar-refractivity contribution in [3.8, 4) is 23.0 Å². The number of fused-ring (bicyclic) bond motifs is 2. The summed E-state index contributed by atoms with van der Waals surface area (Å²) in [5, 5.41) is 8.48. The number of aromatic nitrogens is 6. The molecule has 26 heavy (non-hydrogen) atoms. The van der Waals surface area contributed by atoms with Gasteiger partial charge in [-0.2, -0.15) is 5.10 Å². The van der Waals surface area contributed by atoms with E-state index in [1.54, 1.807) is 12.5 Å². The van der Waals surface area contributed by atoms with Crippen LogP contribution in [0.3, 0.4) is 0 Å². The van der Waals surface area contributed by atoms with Crippen molar-refractivity contribution in [2.45, 2.75) is 6.92 Å². The van der Waals surface area contributed by atoms with Gasteiger partial charge in [0.25, 0.3) is 0 Å². The molecule has 0 unspecified atom stereocenters. The number of imidazole rings is 2. The number of nitrogens with zero attached hydrogens (tertiary/aromatic N) is 4. The number of hydrogen-bond acceptors (Lipinski definition) is 4. The van der Waals surface area contributed by atoms with Gasteiger partial charge < -0.3 is 14.3 Å². The highest BCUT2D eigenvalue weighted by atomic mass is 16.5. The second kappa shape index (κ2) is 5.73. The van der Waals surface area contributed by atoms with Crippen LogP contribution in [0, 0.1) is 0 Å². The first kappa shape index (κ1) is 14.7. The second-order valence-corrected chi connectivity index (χ2v) is 5.97. The Balaban J connectivity index is 1.62. The van der Waals surface area contributed by atoms with E-state index >= 15 is 0 Å². The molecule has 0 aliphatic rings. The van der Waals surface area contributed by atoms with E-state index in [1.807, 2.05) is 54.1 Å².